The predicted octanol–water partition coefficient (Wildman–Crippen LogP) is 1.66. The van der Waals surface area contributed by atoms with Crippen molar-refractivity contribution < 1.29 is 14.7 Å². The Morgan fingerprint density at radius 3 is 2.64 bits per heavy atom. The van der Waals surface area contributed by atoms with Crippen LogP contribution in [0, 0.1) is 0 Å². The lowest BCUT2D eigenvalue weighted by molar-refractivity contribution is -0.129. The number of carboxylic acids is 1. The van der Waals surface area contributed by atoms with Crippen LogP contribution in [-0.2, 0) is 16.2 Å². The molecule has 0 aliphatic heterocycles. The van der Waals surface area contributed by atoms with E-state index in [0.717, 1.165) is 5.56 Å². The molecule has 1 aromatic carbocycles. The predicted molar refractivity (Wildman–Crippen MR) is 52.0 cm³/mol. The van der Waals surface area contributed by atoms with Gasteiger partial charge in [-0.15, -0.1) is 0 Å². The van der Waals surface area contributed by atoms with Crippen molar-refractivity contribution in [3.63, 3.8) is 0 Å². The molecule has 0 aliphatic carbocycles. The number of oxime groups is 1. The fraction of sp³-hybridized carbons (Fsp3) is 0.200. The van der Waals surface area contributed by atoms with Crippen LogP contribution in [0.5, 0.6) is 0 Å². The van der Waals surface area contributed by atoms with E-state index >= 15 is 0 Å². The van der Waals surface area contributed by atoms with Crippen molar-refractivity contribution in [2.45, 2.75) is 13.5 Å². The van der Waals surface area contributed by atoms with E-state index in [1.54, 1.807) is 0 Å². The lowest BCUT2D eigenvalue weighted by atomic mass is 10.2. The Bertz CT molecular complexity index is 332. The third kappa shape index (κ3) is 3.26. The standard InChI is InChI=1S/C10H11NO3/c1-8(10(12)13)11-14-7-9-5-3-2-4-6-9/h2-6H,7H2,1H3,(H,12,13)/b11-8-. The van der Waals surface area contributed by atoms with E-state index in [4.69, 9.17) is 9.94 Å². The topological polar surface area (TPSA) is 58.9 Å². The molecule has 1 N–H and O–H groups in total. The summed E-state index contributed by atoms with van der Waals surface area (Å²) < 4.78 is 0. The number of aliphatic carboxylic acids is 1. The van der Waals surface area contributed by atoms with Gasteiger partial charge < -0.3 is 9.94 Å². The van der Waals surface area contributed by atoms with Crippen LogP contribution >= 0.6 is 0 Å². The molecule has 0 saturated heterocycles. The average Bonchev–Trinajstić information content (AvgIpc) is 2.19. The summed E-state index contributed by atoms with van der Waals surface area (Å²) in [6.45, 7) is 1.67. The highest BCUT2D eigenvalue weighted by Gasteiger charge is 2.01. The van der Waals surface area contributed by atoms with Gasteiger partial charge in [-0.25, -0.2) is 4.79 Å². The largest absolute Gasteiger partial charge is 0.477 e. The minimum atomic E-state index is -1.07. The van der Waals surface area contributed by atoms with Gasteiger partial charge in [0.1, 0.15) is 6.61 Å². The number of carboxylic acid groups (broad SMARTS) is 1. The number of benzene rings is 1. The first-order chi connectivity index (χ1) is 6.70. The molecule has 74 valence electrons. The monoisotopic (exact) mass is 193 g/mol. The van der Waals surface area contributed by atoms with Gasteiger partial charge in [0.25, 0.3) is 0 Å². The lowest BCUT2D eigenvalue weighted by Gasteiger charge is -1.99. The Kier molecular flexibility index (Phi) is 3.67. The van der Waals surface area contributed by atoms with Crippen LogP contribution in [0.15, 0.2) is 35.5 Å². The van der Waals surface area contributed by atoms with Crippen molar-refractivity contribution >= 4 is 11.7 Å². The van der Waals surface area contributed by atoms with E-state index in [-0.39, 0.29) is 12.3 Å². The average molecular weight is 193 g/mol. The molecule has 0 bridgehead atoms. The fourth-order valence-electron chi connectivity index (χ4n) is 0.817. The van der Waals surface area contributed by atoms with Gasteiger partial charge in [-0.1, -0.05) is 35.5 Å². The minimum absolute atomic E-state index is 0.0547. The highest BCUT2D eigenvalue weighted by molar-refractivity contribution is 6.34. The number of hydrogen-bond donors (Lipinski definition) is 1. The van der Waals surface area contributed by atoms with E-state index in [0.29, 0.717) is 0 Å². The normalized spacial score (nSPS) is 11.1. The van der Waals surface area contributed by atoms with Crippen LogP contribution in [-0.4, -0.2) is 16.8 Å². The van der Waals surface area contributed by atoms with Crippen LogP contribution in [0.1, 0.15) is 12.5 Å². The molecule has 4 heteroatoms. The maximum atomic E-state index is 10.3. The molecular weight excluding hydrogens is 182 g/mol. The van der Waals surface area contributed by atoms with Gasteiger partial charge in [0.05, 0.1) is 0 Å². The summed E-state index contributed by atoms with van der Waals surface area (Å²) in [5.74, 6) is -1.07. The quantitative estimate of drug-likeness (QED) is 0.584. The highest BCUT2D eigenvalue weighted by atomic mass is 16.6. The van der Waals surface area contributed by atoms with Crippen molar-refractivity contribution in [1.29, 1.82) is 0 Å². The van der Waals surface area contributed by atoms with Gasteiger partial charge in [0.2, 0.25) is 0 Å². The second kappa shape index (κ2) is 5.01. The zero-order valence-electron chi connectivity index (χ0n) is 7.80. The van der Waals surface area contributed by atoms with Crippen molar-refractivity contribution in [1.82, 2.24) is 0 Å². The Morgan fingerprint density at radius 1 is 1.43 bits per heavy atom. The molecule has 0 unspecified atom stereocenters. The van der Waals surface area contributed by atoms with Gasteiger partial charge in [0, 0.05) is 0 Å². The third-order valence-corrected chi connectivity index (χ3v) is 1.59. The van der Waals surface area contributed by atoms with Gasteiger partial charge >= 0.3 is 5.97 Å². The summed E-state index contributed by atoms with van der Waals surface area (Å²) in [4.78, 5) is 15.2. The van der Waals surface area contributed by atoms with Crippen molar-refractivity contribution in [2.24, 2.45) is 5.16 Å². The summed E-state index contributed by atoms with van der Waals surface area (Å²) in [6, 6.07) is 9.42. The van der Waals surface area contributed by atoms with Crippen molar-refractivity contribution in [3.8, 4) is 0 Å². The maximum absolute atomic E-state index is 10.3. The van der Waals surface area contributed by atoms with E-state index in [9.17, 15) is 4.79 Å². The Balaban J connectivity index is 2.43. The first-order valence-corrected chi connectivity index (χ1v) is 4.14. The Hall–Kier alpha value is -1.84. The zero-order chi connectivity index (χ0) is 10.4. The lowest BCUT2D eigenvalue weighted by Crippen LogP contribution is -2.08. The summed E-state index contributed by atoms with van der Waals surface area (Å²) >= 11 is 0. The molecule has 0 heterocycles. The molecule has 1 rings (SSSR count). The molecule has 0 fully saturated rings. The summed E-state index contributed by atoms with van der Waals surface area (Å²) in [5, 5.41) is 11.9. The molecule has 0 aliphatic rings. The van der Waals surface area contributed by atoms with Gasteiger partial charge in [0.15, 0.2) is 5.71 Å². The molecule has 0 aromatic heterocycles. The number of rotatable bonds is 4. The van der Waals surface area contributed by atoms with E-state index in [2.05, 4.69) is 5.16 Å². The molecule has 0 saturated carbocycles. The summed E-state index contributed by atoms with van der Waals surface area (Å²) in [6.07, 6.45) is 0. The van der Waals surface area contributed by atoms with Gasteiger partial charge in [-0.2, -0.15) is 0 Å². The molecule has 0 amide bonds. The smallest absolute Gasteiger partial charge is 0.353 e. The summed E-state index contributed by atoms with van der Waals surface area (Å²) in [7, 11) is 0. The van der Waals surface area contributed by atoms with E-state index in [1.165, 1.54) is 6.92 Å². The molecule has 4 nitrogen and oxygen atoms in total. The first kappa shape index (κ1) is 10.2. The van der Waals surface area contributed by atoms with E-state index < -0.39 is 5.97 Å². The number of hydrogen-bond acceptors (Lipinski definition) is 3. The van der Waals surface area contributed by atoms with Crippen LogP contribution in [0.2, 0.25) is 0 Å². The second-order valence-corrected chi connectivity index (χ2v) is 2.74. The van der Waals surface area contributed by atoms with Crippen LogP contribution in [0.25, 0.3) is 0 Å². The third-order valence-electron chi connectivity index (χ3n) is 1.59. The van der Waals surface area contributed by atoms with Crippen LogP contribution < -0.4 is 0 Å². The number of carbonyl (C=O) groups is 1. The summed E-state index contributed by atoms with van der Waals surface area (Å²) in [5.41, 5.74) is 0.898. The Labute approximate surface area is 81.8 Å². The van der Waals surface area contributed by atoms with Gasteiger partial charge in [-0.3, -0.25) is 0 Å². The Morgan fingerprint density at radius 2 is 2.07 bits per heavy atom. The molecule has 1 aromatic rings. The second-order valence-electron chi connectivity index (χ2n) is 2.74. The van der Waals surface area contributed by atoms with Gasteiger partial charge in [-0.05, 0) is 12.5 Å². The van der Waals surface area contributed by atoms with Crippen molar-refractivity contribution in [2.75, 3.05) is 0 Å². The molecule has 14 heavy (non-hydrogen) atoms. The maximum Gasteiger partial charge on any atom is 0.353 e. The molecule has 0 atom stereocenters. The minimum Gasteiger partial charge on any atom is -0.477 e. The molecular formula is C10H11NO3. The van der Waals surface area contributed by atoms with E-state index in [1.807, 2.05) is 30.3 Å². The SMILES string of the molecule is C/C(=N/OCc1ccccc1)C(=O)O. The molecule has 0 radical (unpaired) electrons. The molecule has 0 spiro atoms. The highest BCUT2D eigenvalue weighted by Crippen LogP contribution is 2.00. The number of nitrogens with zero attached hydrogens (tertiary/aromatic N) is 1. The van der Waals surface area contributed by atoms with Crippen LogP contribution in [0.4, 0.5) is 0 Å². The van der Waals surface area contributed by atoms with Crippen molar-refractivity contribution in [3.05, 3.63) is 35.9 Å². The first-order valence-electron chi connectivity index (χ1n) is 4.14. The van der Waals surface area contributed by atoms with Crippen LogP contribution in [0.3, 0.4) is 0 Å². The fourth-order valence-corrected chi connectivity index (χ4v) is 0.817. The zero-order valence-corrected chi connectivity index (χ0v) is 7.80.